The smallest absolute Gasteiger partial charge is 0.254 e. The SMILES string of the molecule is CN(Cc1ccc(N2CCCCC2)cc1)C(=O)c1cc(F)cc(F)c1. The number of carbonyl (C=O) groups excluding carboxylic acids is 1. The molecule has 2 aromatic rings. The molecular weight excluding hydrogens is 322 g/mol. The molecule has 0 saturated carbocycles. The summed E-state index contributed by atoms with van der Waals surface area (Å²) in [7, 11) is 1.63. The molecule has 3 nitrogen and oxygen atoms in total. The molecule has 132 valence electrons. The van der Waals surface area contributed by atoms with Crippen LogP contribution < -0.4 is 4.90 Å². The van der Waals surface area contributed by atoms with Gasteiger partial charge in [0.05, 0.1) is 0 Å². The monoisotopic (exact) mass is 344 g/mol. The number of benzene rings is 2. The summed E-state index contributed by atoms with van der Waals surface area (Å²) in [5.74, 6) is -1.90. The van der Waals surface area contributed by atoms with Gasteiger partial charge in [-0.05, 0) is 49.1 Å². The number of halogens is 2. The van der Waals surface area contributed by atoms with Crippen molar-refractivity contribution in [2.24, 2.45) is 0 Å². The van der Waals surface area contributed by atoms with Gasteiger partial charge in [0.15, 0.2) is 0 Å². The lowest BCUT2D eigenvalue weighted by Gasteiger charge is -2.29. The van der Waals surface area contributed by atoms with Crippen molar-refractivity contribution in [3.05, 3.63) is 65.2 Å². The predicted molar refractivity (Wildman–Crippen MR) is 94.7 cm³/mol. The average molecular weight is 344 g/mol. The molecule has 1 fully saturated rings. The van der Waals surface area contributed by atoms with E-state index < -0.39 is 17.5 Å². The Morgan fingerprint density at radius 1 is 1.00 bits per heavy atom. The topological polar surface area (TPSA) is 23.6 Å². The first-order valence-electron chi connectivity index (χ1n) is 8.58. The van der Waals surface area contributed by atoms with Crippen molar-refractivity contribution in [1.82, 2.24) is 4.90 Å². The molecule has 0 aromatic heterocycles. The third-order valence-corrected chi connectivity index (χ3v) is 4.53. The van der Waals surface area contributed by atoms with E-state index in [9.17, 15) is 13.6 Å². The molecule has 0 bridgehead atoms. The van der Waals surface area contributed by atoms with Gasteiger partial charge in [0.2, 0.25) is 0 Å². The molecule has 1 saturated heterocycles. The van der Waals surface area contributed by atoms with Gasteiger partial charge in [0, 0.05) is 44.0 Å². The minimum absolute atomic E-state index is 0.0185. The Bertz CT molecular complexity index is 720. The highest BCUT2D eigenvalue weighted by Crippen LogP contribution is 2.21. The van der Waals surface area contributed by atoms with Gasteiger partial charge in [0.1, 0.15) is 11.6 Å². The Balaban J connectivity index is 1.65. The Morgan fingerprint density at radius 2 is 1.60 bits per heavy atom. The first-order chi connectivity index (χ1) is 12.0. The highest BCUT2D eigenvalue weighted by molar-refractivity contribution is 5.94. The summed E-state index contributed by atoms with van der Waals surface area (Å²) in [4.78, 5) is 16.2. The van der Waals surface area contributed by atoms with Crippen LogP contribution in [0.4, 0.5) is 14.5 Å². The van der Waals surface area contributed by atoms with E-state index in [0.29, 0.717) is 6.54 Å². The van der Waals surface area contributed by atoms with Crippen LogP contribution in [0.1, 0.15) is 35.2 Å². The third kappa shape index (κ3) is 4.35. The lowest BCUT2D eigenvalue weighted by molar-refractivity contribution is 0.0784. The number of carbonyl (C=O) groups is 1. The van der Waals surface area contributed by atoms with E-state index in [0.717, 1.165) is 36.9 Å². The number of anilines is 1. The van der Waals surface area contributed by atoms with E-state index in [1.807, 2.05) is 12.1 Å². The minimum Gasteiger partial charge on any atom is -0.372 e. The maximum Gasteiger partial charge on any atom is 0.254 e. The number of hydrogen-bond acceptors (Lipinski definition) is 2. The second kappa shape index (κ2) is 7.64. The Labute approximate surface area is 146 Å². The lowest BCUT2D eigenvalue weighted by atomic mass is 10.1. The maximum atomic E-state index is 13.3. The highest BCUT2D eigenvalue weighted by Gasteiger charge is 2.15. The Kier molecular flexibility index (Phi) is 5.31. The van der Waals surface area contributed by atoms with Crippen molar-refractivity contribution in [2.45, 2.75) is 25.8 Å². The van der Waals surface area contributed by atoms with Gasteiger partial charge in [0.25, 0.3) is 5.91 Å². The fourth-order valence-corrected chi connectivity index (χ4v) is 3.21. The molecule has 1 aliphatic heterocycles. The molecule has 25 heavy (non-hydrogen) atoms. The van der Waals surface area contributed by atoms with E-state index in [-0.39, 0.29) is 5.56 Å². The summed E-state index contributed by atoms with van der Waals surface area (Å²) in [6, 6.07) is 11.0. The number of piperidine rings is 1. The largest absolute Gasteiger partial charge is 0.372 e. The summed E-state index contributed by atoms with van der Waals surface area (Å²) in [5, 5.41) is 0. The van der Waals surface area contributed by atoms with Gasteiger partial charge < -0.3 is 9.80 Å². The second-order valence-electron chi connectivity index (χ2n) is 6.53. The predicted octanol–water partition coefficient (Wildman–Crippen LogP) is 4.23. The molecule has 0 atom stereocenters. The number of hydrogen-bond donors (Lipinski definition) is 0. The molecule has 1 aliphatic rings. The first-order valence-corrected chi connectivity index (χ1v) is 8.58. The lowest BCUT2D eigenvalue weighted by Crippen LogP contribution is -2.29. The van der Waals surface area contributed by atoms with Crippen molar-refractivity contribution >= 4 is 11.6 Å². The Hall–Kier alpha value is -2.43. The average Bonchev–Trinajstić information content (AvgIpc) is 2.61. The summed E-state index contributed by atoms with van der Waals surface area (Å²) < 4.78 is 26.6. The minimum atomic E-state index is -0.748. The van der Waals surface area contributed by atoms with Gasteiger partial charge in [-0.1, -0.05) is 12.1 Å². The number of nitrogens with zero attached hydrogens (tertiary/aromatic N) is 2. The van der Waals surface area contributed by atoms with Gasteiger partial charge in [-0.25, -0.2) is 8.78 Å². The van der Waals surface area contributed by atoms with Crippen LogP contribution in [-0.2, 0) is 6.54 Å². The molecule has 1 heterocycles. The molecule has 1 amide bonds. The molecular formula is C20H22F2N2O. The molecule has 5 heteroatoms. The van der Waals surface area contributed by atoms with Gasteiger partial charge in [-0.3, -0.25) is 4.79 Å². The van der Waals surface area contributed by atoms with E-state index in [2.05, 4.69) is 17.0 Å². The standard InChI is InChI=1S/C20H22F2N2O/c1-23(20(25)16-11-17(21)13-18(22)12-16)14-15-5-7-19(8-6-15)24-9-3-2-4-10-24/h5-8,11-13H,2-4,9-10,14H2,1H3. The molecule has 0 spiro atoms. The van der Waals surface area contributed by atoms with Crippen molar-refractivity contribution in [3.63, 3.8) is 0 Å². The highest BCUT2D eigenvalue weighted by atomic mass is 19.1. The van der Waals surface area contributed by atoms with Crippen molar-refractivity contribution in [1.29, 1.82) is 0 Å². The second-order valence-corrected chi connectivity index (χ2v) is 6.53. The summed E-state index contributed by atoms with van der Waals surface area (Å²) in [6.45, 7) is 2.56. The van der Waals surface area contributed by atoms with Crippen LogP contribution in [-0.4, -0.2) is 30.9 Å². The number of rotatable bonds is 4. The first kappa shape index (κ1) is 17.4. The van der Waals surface area contributed by atoms with E-state index in [4.69, 9.17) is 0 Å². The third-order valence-electron chi connectivity index (χ3n) is 4.53. The summed E-state index contributed by atoms with van der Waals surface area (Å²) in [5.41, 5.74) is 2.20. The summed E-state index contributed by atoms with van der Waals surface area (Å²) >= 11 is 0. The van der Waals surface area contributed by atoms with Crippen molar-refractivity contribution in [2.75, 3.05) is 25.0 Å². The van der Waals surface area contributed by atoms with Crippen LogP contribution in [0.5, 0.6) is 0 Å². The van der Waals surface area contributed by atoms with Crippen molar-refractivity contribution in [3.8, 4) is 0 Å². The Morgan fingerprint density at radius 3 is 2.20 bits per heavy atom. The zero-order chi connectivity index (χ0) is 17.8. The fraction of sp³-hybridized carbons (Fsp3) is 0.350. The normalized spacial score (nSPS) is 14.4. The van der Waals surface area contributed by atoms with Crippen LogP contribution in [0.2, 0.25) is 0 Å². The van der Waals surface area contributed by atoms with Crippen LogP contribution in [0.15, 0.2) is 42.5 Å². The molecule has 2 aromatic carbocycles. The molecule has 0 unspecified atom stereocenters. The van der Waals surface area contributed by atoms with Crippen molar-refractivity contribution < 1.29 is 13.6 Å². The zero-order valence-corrected chi connectivity index (χ0v) is 14.3. The maximum absolute atomic E-state index is 13.3. The molecule has 0 N–H and O–H groups in total. The van der Waals surface area contributed by atoms with Gasteiger partial charge in [-0.15, -0.1) is 0 Å². The molecule has 0 radical (unpaired) electrons. The zero-order valence-electron chi connectivity index (χ0n) is 14.3. The van der Waals surface area contributed by atoms with Crippen LogP contribution >= 0.6 is 0 Å². The fourth-order valence-electron chi connectivity index (χ4n) is 3.21. The van der Waals surface area contributed by atoms with Crippen LogP contribution in [0, 0.1) is 11.6 Å². The quantitative estimate of drug-likeness (QED) is 0.829. The molecule has 3 rings (SSSR count). The molecule has 0 aliphatic carbocycles. The van der Waals surface area contributed by atoms with E-state index in [1.54, 1.807) is 7.05 Å². The number of amides is 1. The van der Waals surface area contributed by atoms with Gasteiger partial charge in [-0.2, -0.15) is 0 Å². The van der Waals surface area contributed by atoms with E-state index in [1.165, 1.54) is 29.8 Å². The van der Waals surface area contributed by atoms with E-state index >= 15 is 0 Å². The summed E-state index contributed by atoms with van der Waals surface area (Å²) in [6.07, 6.45) is 3.74. The van der Waals surface area contributed by atoms with Crippen LogP contribution in [0.25, 0.3) is 0 Å². The van der Waals surface area contributed by atoms with Crippen LogP contribution in [0.3, 0.4) is 0 Å². The van der Waals surface area contributed by atoms with Gasteiger partial charge >= 0.3 is 0 Å².